The molecule has 0 radical (unpaired) electrons. The molecule has 0 saturated carbocycles. The van der Waals surface area contributed by atoms with E-state index in [9.17, 15) is 0 Å². The molecule has 0 fully saturated rings. The summed E-state index contributed by atoms with van der Waals surface area (Å²) in [5.41, 5.74) is 0. The Labute approximate surface area is 278 Å². The van der Waals surface area contributed by atoms with E-state index in [0.29, 0.717) is 12.0 Å². The molecule has 2 nitrogen and oxygen atoms in total. The number of imidazole rings is 1. The van der Waals surface area contributed by atoms with Crippen LogP contribution in [0.4, 0.5) is 0 Å². The molecule has 2 heteroatoms. The van der Waals surface area contributed by atoms with Crippen molar-refractivity contribution in [3.63, 3.8) is 0 Å². The maximum Gasteiger partial charge on any atom is 0.257 e. The summed E-state index contributed by atoms with van der Waals surface area (Å²) < 4.78 is 2.64. The second-order valence-corrected chi connectivity index (χ2v) is 14.7. The highest BCUT2D eigenvalue weighted by molar-refractivity contribution is 4.90. The van der Waals surface area contributed by atoms with Crippen molar-refractivity contribution in [2.24, 2.45) is 0 Å². The van der Waals surface area contributed by atoms with Gasteiger partial charge >= 0.3 is 0 Å². The minimum absolute atomic E-state index is 0.619. The first-order valence-electron chi connectivity index (χ1n) is 20.8. The highest BCUT2D eigenvalue weighted by atomic mass is 15.1. The molecule has 0 spiro atoms. The lowest BCUT2D eigenvalue weighted by molar-refractivity contribution is -0.727. The van der Waals surface area contributed by atoms with Gasteiger partial charge in [-0.05, 0) is 32.6 Å². The van der Waals surface area contributed by atoms with Crippen molar-refractivity contribution >= 4 is 0 Å². The molecule has 44 heavy (non-hydrogen) atoms. The van der Waals surface area contributed by atoms with Crippen LogP contribution in [0.5, 0.6) is 0 Å². The van der Waals surface area contributed by atoms with Crippen molar-refractivity contribution in [3.05, 3.63) is 18.2 Å². The highest BCUT2D eigenvalue weighted by Gasteiger charge is 2.25. The molecule has 1 aromatic heterocycles. The van der Waals surface area contributed by atoms with Crippen molar-refractivity contribution in [1.29, 1.82) is 0 Å². The minimum atomic E-state index is 0.619. The summed E-state index contributed by atoms with van der Waals surface area (Å²) in [7, 11) is 0. The van der Waals surface area contributed by atoms with Crippen LogP contribution in [-0.2, 0) is 0 Å². The Morgan fingerprint density at radius 1 is 0.432 bits per heavy atom. The molecule has 1 heterocycles. The van der Waals surface area contributed by atoms with Gasteiger partial charge in [0.25, 0.3) is 5.82 Å². The van der Waals surface area contributed by atoms with Crippen LogP contribution in [0.15, 0.2) is 12.4 Å². The van der Waals surface area contributed by atoms with Crippen molar-refractivity contribution < 1.29 is 4.57 Å². The molecule has 0 bridgehead atoms. The second-order valence-electron chi connectivity index (χ2n) is 14.7. The SMILES string of the molecule is CCCCCCCCCCCCCCC(C)[n+]1cc[nH]c1C(CCCCCCCCCC)CCCCCCCCCCCC. The van der Waals surface area contributed by atoms with Crippen molar-refractivity contribution in [1.82, 2.24) is 4.98 Å². The molecular weight excluding hydrogens is 532 g/mol. The van der Waals surface area contributed by atoms with E-state index in [1.807, 2.05) is 0 Å². The topological polar surface area (TPSA) is 19.7 Å². The number of aromatic nitrogens is 2. The van der Waals surface area contributed by atoms with Crippen LogP contribution < -0.4 is 4.57 Å². The zero-order chi connectivity index (χ0) is 31.8. The maximum absolute atomic E-state index is 3.76. The number of aromatic amines is 1. The number of unbranched alkanes of at least 4 members (excludes halogenated alkanes) is 27. The van der Waals surface area contributed by atoms with E-state index in [1.54, 1.807) is 0 Å². The highest BCUT2D eigenvalue weighted by Crippen LogP contribution is 2.27. The summed E-state index contributed by atoms with van der Waals surface area (Å²) >= 11 is 0. The quantitative estimate of drug-likeness (QED) is 0.0579. The molecule has 0 aliphatic carbocycles. The first-order chi connectivity index (χ1) is 21.7. The Bertz CT molecular complexity index is 679. The van der Waals surface area contributed by atoms with Crippen molar-refractivity contribution in [3.8, 4) is 0 Å². The van der Waals surface area contributed by atoms with Crippen molar-refractivity contribution in [2.45, 2.75) is 252 Å². The van der Waals surface area contributed by atoms with E-state index < -0.39 is 0 Å². The summed E-state index contributed by atoms with van der Waals surface area (Å²) in [6, 6.07) is 0.619. The lowest BCUT2D eigenvalue weighted by atomic mass is 9.92. The first-order valence-corrected chi connectivity index (χ1v) is 20.8. The van der Waals surface area contributed by atoms with Gasteiger partial charge in [0, 0.05) is 0 Å². The van der Waals surface area contributed by atoms with E-state index in [1.165, 1.54) is 218 Å². The Hall–Kier alpha value is -0.790. The van der Waals surface area contributed by atoms with Gasteiger partial charge in [-0.1, -0.05) is 207 Å². The van der Waals surface area contributed by atoms with E-state index in [4.69, 9.17) is 0 Å². The molecule has 0 aliphatic rings. The first kappa shape index (κ1) is 41.2. The molecule has 260 valence electrons. The number of nitrogens with one attached hydrogen (secondary N) is 1. The molecule has 0 saturated heterocycles. The van der Waals surface area contributed by atoms with Gasteiger partial charge in [0.05, 0.1) is 12.0 Å². The van der Waals surface area contributed by atoms with Gasteiger partial charge in [-0.2, -0.15) is 0 Å². The monoisotopic (exact) mass is 616 g/mol. The zero-order valence-corrected chi connectivity index (χ0v) is 31.1. The third kappa shape index (κ3) is 23.5. The smallest absolute Gasteiger partial charge is 0.247 e. The number of nitrogens with zero attached hydrogens (tertiary/aromatic N) is 1. The van der Waals surface area contributed by atoms with Crippen LogP contribution in [0, 0.1) is 0 Å². The molecule has 0 amide bonds. The van der Waals surface area contributed by atoms with Gasteiger partial charge < -0.3 is 0 Å². The Kier molecular flexibility index (Phi) is 30.1. The average Bonchev–Trinajstić information content (AvgIpc) is 3.53. The predicted molar refractivity (Wildman–Crippen MR) is 198 cm³/mol. The van der Waals surface area contributed by atoms with Crippen LogP contribution in [0.25, 0.3) is 0 Å². The Morgan fingerprint density at radius 2 is 0.727 bits per heavy atom. The van der Waals surface area contributed by atoms with Gasteiger partial charge in [-0.3, -0.25) is 0 Å². The summed E-state index contributed by atoms with van der Waals surface area (Å²) in [6.07, 6.45) is 51.6. The van der Waals surface area contributed by atoms with Gasteiger partial charge in [0.1, 0.15) is 12.4 Å². The van der Waals surface area contributed by atoms with Gasteiger partial charge in [0.15, 0.2) is 0 Å². The zero-order valence-electron chi connectivity index (χ0n) is 31.1. The van der Waals surface area contributed by atoms with Crippen LogP contribution in [-0.4, -0.2) is 4.98 Å². The van der Waals surface area contributed by atoms with Crippen LogP contribution in [0.1, 0.15) is 257 Å². The third-order valence-electron chi connectivity index (χ3n) is 10.4. The number of hydrogen-bond acceptors (Lipinski definition) is 0. The fraction of sp³-hybridized carbons (Fsp3) is 0.929. The lowest BCUT2D eigenvalue weighted by Crippen LogP contribution is -2.41. The van der Waals surface area contributed by atoms with E-state index in [0.717, 1.165) is 0 Å². The van der Waals surface area contributed by atoms with Gasteiger partial charge in [-0.25, -0.2) is 9.55 Å². The Morgan fingerprint density at radius 3 is 1.07 bits per heavy atom. The normalized spacial score (nSPS) is 13.1. The van der Waals surface area contributed by atoms with Crippen molar-refractivity contribution in [2.75, 3.05) is 0 Å². The van der Waals surface area contributed by atoms with E-state index in [-0.39, 0.29) is 0 Å². The third-order valence-corrected chi connectivity index (χ3v) is 10.4. The van der Waals surface area contributed by atoms with Gasteiger partial charge in [-0.15, -0.1) is 0 Å². The second kappa shape index (κ2) is 32.2. The number of rotatable bonds is 35. The lowest BCUT2D eigenvalue weighted by Gasteiger charge is -2.17. The summed E-state index contributed by atoms with van der Waals surface area (Å²) in [5, 5.41) is 0. The molecule has 1 N–H and O–H groups in total. The molecule has 1 rings (SSSR count). The minimum Gasteiger partial charge on any atom is -0.247 e. The predicted octanol–water partition coefficient (Wildman–Crippen LogP) is 14.9. The molecule has 0 aliphatic heterocycles. The van der Waals surface area contributed by atoms with Gasteiger partial charge in [0.2, 0.25) is 0 Å². The van der Waals surface area contributed by atoms with E-state index in [2.05, 4.69) is 49.6 Å². The standard InChI is InChI=1S/C42H82N2/c1-5-8-11-14-17-20-22-23-24-26-29-32-35-40(4)44-39-38-43-42(44)41(36-33-30-27-19-16-13-10-7-3)37-34-31-28-25-21-18-15-12-9-6-2/h38-41H,5-37H2,1-4H3/p+1. The number of H-pyrrole nitrogens is 1. The average molecular weight is 616 g/mol. The fourth-order valence-electron chi connectivity index (χ4n) is 7.31. The molecule has 0 aromatic carbocycles. The number of hydrogen-bond donors (Lipinski definition) is 1. The summed E-state index contributed by atoms with van der Waals surface area (Å²) in [4.78, 5) is 3.76. The fourth-order valence-corrected chi connectivity index (χ4v) is 7.31. The maximum atomic E-state index is 3.76. The summed E-state index contributed by atoms with van der Waals surface area (Å²) in [5.74, 6) is 2.25. The van der Waals surface area contributed by atoms with Crippen LogP contribution in [0.2, 0.25) is 0 Å². The molecule has 2 atom stereocenters. The molecular formula is C42H83N2+. The summed E-state index contributed by atoms with van der Waals surface area (Å²) in [6.45, 7) is 9.42. The molecule has 2 unspecified atom stereocenters. The van der Waals surface area contributed by atoms with E-state index >= 15 is 0 Å². The largest absolute Gasteiger partial charge is 0.257 e. The molecule has 1 aromatic rings. The Balaban J connectivity index is 2.39. The van der Waals surface area contributed by atoms with Crippen LogP contribution >= 0.6 is 0 Å². The van der Waals surface area contributed by atoms with Crippen LogP contribution in [0.3, 0.4) is 0 Å².